The van der Waals surface area contributed by atoms with Gasteiger partial charge in [0.25, 0.3) is 5.91 Å². The number of amides is 1. The lowest BCUT2D eigenvalue weighted by molar-refractivity contribution is 0.0917. The molecule has 1 aromatic carbocycles. The Labute approximate surface area is 180 Å². The summed E-state index contributed by atoms with van der Waals surface area (Å²) in [6, 6.07) is 6.32. The van der Waals surface area contributed by atoms with Gasteiger partial charge < -0.3 is 10.4 Å². The molecule has 0 unspecified atom stereocenters. The van der Waals surface area contributed by atoms with E-state index in [2.05, 4.69) is 10.3 Å². The fourth-order valence-corrected chi connectivity index (χ4v) is 4.14. The maximum absolute atomic E-state index is 13.3. The van der Waals surface area contributed by atoms with E-state index in [0.717, 1.165) is 49.9 Å². The van der Waals surface area contributed by atoms with Gasteiger partial charge in [0.2, 0.25) is 0 Å². The predicted molar refractivity (Wildman–Crippen MR) is 113 cm³/mol. The molecule has 1 aliphatic rings. The fourth-order valence-electron chi connectivity index (χ4n) is 3.94. The number of benzene rings is 1. The second kappa shape index (κ2) is 10.0. The quantitative estimate of drug-likeness (QED) is 0.471. The van der Waals surface area contributed by atoms with Crippen molar-refractivity contribution in [3.63, 3.8) is 0 Å². The summed E-state index contributed by atoms with van der Waals surface area (Å²) in [6.45, 7) is 1.99. The van der Waals surface area contributed by atoms with Gasteiger partial charge >= 0.3 is 0 Å². The number of phenols is 1. The molecule has 3 rings (SSSR count). The Hall–Kier alpha value is -2.47. The number of aromatic hydroxyl groups is 1. The number of carbonyl (C=O) groups is 2. The molecule has 1 heterocycles. The highest BCUT2D eigenvalue weighted by Gasteiger charge is 2.24. The normalized spacial score (nSPS) is 18.8. The van der Waals surface area contributed by atoms with Crippen molar-refractivity contribution >= 4 is 23.3 Å². The number of ketones is 1. The number of Topliss-reactive ketones (excluding diaryl/α,β-unsaturated/α-hetero) is 1. The van der Waals surface area contributed by atoms with Crippen LogP contribution >= 0.6 is 11.6 Å². The number of hydrogen-bond acceptors (Lipinski definition) is 4. The number of carbonyl (C=O) groups excluding carboxylic acids is 2. The van der Waals surface area contributed by atoms with Gasteiger partial charge in [-0.15, -0.1) is 0 Å². The summed E-state index contributed by atoms with van der Waals surface area (Å²) in [5, 5.41) is 13.1. The van der Waals surface area contributed by atoms with Crippen LogP contribution in [0.5, 0.6) is 5.75 Å². The maximum Gasteiger partial charge on any atom is 0.255 e. The number of pyridine rings is 1. The maximum atomic E-state index is 13.3. The molecule has 1 amide bonds. The topological polar surface area (TPSA) is 79.3 Å². The van der Waals surface area contributed by atoms with Crippen LogP contribution in [0.2, 0.25) is 5.15 Å². The van der Waals surface area contributed by atoms with Crippen LogP contribution in [-0.4, -0.2) is 27.8 Å². The third-order valence-corrected chi connectivity index (χ3v) is 6.08. The van der Waals surface area contributed by atoms with E-state index in [9.17, 15) is 19.1 Å². The second-order valence-electron chi connectivity index (χ2n) is 7.85. The lowest BCUT2D eigenvalue weighted by Gasteiger charge is -2.29. The van der Waals surface area contributed by atoms with Gasteiger partial charge in [0.1, 0.15) is 16.7 Å². The smallest absolute Gasteiger partial charge is 0.255 e. The van der Waals surface area contributed by atoms with Gasteiger partial charge in [-0.1, -0.05) is 24.6 Å². The minimum Gasteiger partial charge on any atom is -0.507 e. The molecular weight excluding hydrogens is 407 g/mol. The number of hydrogen-bond donors (Lipinski definition) is 2. The molecule has 7 heteroatoms. The van der Waals surface area contributed by atoms with Gasteiger partial charge in [-0.05, 0) is 68.2 Å². The molecule has 1 saturated carbocycles. The standard InChI is InChI=1S/C23H26ClFN2O3/c1-2-14-5-9-18(21(29)11-14)23(30)27-17-7-3-15(4-8-17)6-10-20(28)19-12-16(25)13-26-22(19)24/h5,9,11-13,15,17,29H,2-4,6-8,10H2,1H3,(H,27,30)/t15-,17+. The van der Waals surface area contributed by atoms with E-state index in [4.69, 9.17) is 11.6 Å². The van der Waals surface area contributed by atoms with E-state index in [1.54, 1.807) is 12.1 Å². The van der Waals surface area contributed by atoms with Gasteiger partial charge in [-0.25, -0.2) is 9.37 Å². The molecular formula is C23H26ClFN2O3. The summed E-state index contributed by atoms with van der Waals surface area (Å²) in [5.74, 6) is -0.658. The molecule has 2 aromatic rings. The molecule has 0 atom stereocenters. The van der Waals surface area contributed by atoms with Crippen LogP contribution in [-0.2, 0) is 6.42 Å². The first kappa shape index (κ1) is 22.2. The third kappa shape index (κ3) is 5.57. The zero-order valence-electron chi connectivity index (χ0n) is 17.0. The largest absolute Gasteiger partial charge is 0.507 e. The Balaban J connectivity index is 1.46. The summed E-state index contributed by atoms with van der Waals surface area (Å²) in [6.07, 6.45) is 6.22. The zero-order valence-corrected chi connectivity index (χ0v) is 17.7. The number of nitrogens with zero attached hydrogens (tertiary/aromatic N) is 1. The Morgan fingerprint density at radius 2 is 1.93 bits per heavy atom. The number of halogens is 2. The molecule has 1 fully saturated rings. The number of nitrogens with one attached hydrogen (secondary N) is 1. The van der Waals surface area contributed by atoms with Gasteiger partial charge in [-0.3, -0.25) is 9.59 Å². The molecule has 0 saturated heterocycles. The minimum absolute atomic E-state index is 0.00421. The van der Waals surface area contributed by atoms with Crippen molar-refractivity contribution < 1.29 is 19.1 Å². The third-order valence-electron chi connectivity index (χ3n) is 5.78. The molecule has 160 valence electrons. The number of phenolic OH excluding ortho intramolecular Hbond substituents is 1. The lowest BCUT2D eigenvalue weighted by atomic mass is 9.82. The molecule has 0 bridgehead atoms. The summed E-state index contributed by atoms with van der Waals surface area (Å²) in [7, 11) is 0. The van der Waals surface area contributed by atoms with Crippen LogP contribution in [0.25, 0.3) is 0 Å². The molecule has 0 aliphatic heterocycles. The molecule has 0 spiro atoms. The van der Waals surface area contributed by atoms with E-state index < -0.39 is 5.82 Å². The van der Waals surface area contributed by atoms with Gasteiger partial charge in [-0.2, -0.15) is 0 Å². The summed E-state index contributed by atoms with van der Waals surface area (Å²) in [4.78, 5) is 28.5. The van der Waals surface area contributed by atoms with Crippen LogP contribution in [0.15, 0.2) is 30.5 Å². The first-order valence-electron chi connectivity index (χ1n) is 10.3. The average molecular weight is 433 g/mol. The molecule has 0 radical (unpaired) electrons. The van der Waals surface area contributed by atoms with E-state index in [0.29, 0.717) is 24.3 Å². The summed E-state index contributed by atoms with van der Waals surface area (Å²) >= 11 is 5.90. The van der Waals surface area contributed by atoms with Crippen LogP contribution in [0, 0.1) is 11.7 Å². The van der Waals surface area contributed by atoms with Crippen LogP contribution in [0.4, 0.5) is 4.39 Å². The van der Waals surface area contributed by atoms with E-state index in [1.807, 2.05) is 13.0 Å². The highest BCUT2D eigenvalue weighted by molar-refractivity contribution is 6.32. The van der Waals surface area contributed by atoms with Crippen molar-refractivity contribution in [2.24, 2.45) is 5.92 Å². The first-order valence-corrected chi connectivity index (χ1v) is 10.7. The highest BCUT2D eigenvalue weighted by Crippen LogP contribution is 2.29. The van der Waals surface area contributed by atoms with Gasteiger partial charge in [0, 0.05) is 12.5 Å². The summed E-state index contributed by atoms with van der Waals surface area (Å²) in [5.41, 5.74) is 1.40. The number of rotatable bonds is 7. The van der Waals surface area contributed by atoms with Crippen molar-refractivity contribution in [1.29, 1.82) is 0 Å². The van der Waals surface area contributed by atoms with Crippen molar-refractivity contribution in [3.8, 4) is 5.75 Å². The van der Waals surface area contributed by atoms with Crippen LogP contribution in [0.3, 0.4) is 0 Å². The van der Waals surface area contributed by atoms with Crippen molar-refractivity contribution in [2.45, 2.75) is 57.9 Å². The zero-order chi connectivity index (χ0) is 21.7. The number of aryl methyl sites for hydroxylation is 1. The van der Waals surface area contributed by atoms with Crippen LogP contribution in [0.1, 0.15) is 71.7 Å². The van der Waals surface area contributed by atoms with E-state index in [-0.39, 0.29) is 34.2 Å². The highest BCUT2D eigenvalue weighted by atomic mass is 35.5. The number of aromatic nitrogens is 1. The van der Waals surface area contributed by atoms with E-state index >= 15 is 0 Å². The monoisotopic (exact) mass is 432 g/mol. The second-order valence-corrected chi connectivity index (χ2v) is 8.21. The van der Waals surface area contributed by atoms with Gasteiger partial charge in [0.05, 0.1) is 17.3 Å². The molecule has 1 aromatic heterocycles. The van der Waals surface area contributed by atoms with Crippen molar-refractivity contribution in [3.05, 3.63) is 58.1 Å². The molecule has 5 nitrogen and oxygen atoms in total. The Kier molecular flexibility index (Phi) is 7.43. The van der Waals surface area contributed by atoms with Crippen molar-refractivity contribution in [1.82, 2.24) is 10.3 Å². The van der Waals surface area contributed by atoms with E-state index in [1.165, 1.54) is 0 Å². The molecule has 2 N–H and O–H groups in total. The van der Waals surface area contributed by atoms with Gasteiger partial charge in [0.15, 0.2) is 5.78 Å². The predicted octanol–water partition coefficient (Wildman–Crippen LogP) is 5.09. The molecule has 1 aliphatic carbocycles. The Bertz CT molecular complexity index is 927. The Morgan fingerprint density at radius 3 is 2.60 bits per heavy atom. The molecule has 30 heavy (non-hydrogen) atoms. The van der Waals surface area contributed by atoms with Crippen LogP contribution < -0.4 is 5.32 Å². The minimum atomic E-state index is -0.575. The lowest BCUT2D eigenvalue weighted by Crippen LogP contribution is -2.37. The SMILES string of the molecule is CCc1ccc(C(=O)N[C@H]2CC[C@@H](CCC(=O)c3cc(F)cnc3Cl)CC2)c(O)c1. The Morgan fingerprint density at radius 1 is 1.20 bits per heavy atom. The summed E-state index contributed by atoms with van der Waals surface area (Å²) < 4.78 is 13.3. The fraction of sp³-hybridized carbons (Fsp3) is 0.435. The van der Waals surface area contributed by atoms with Crippen molar-refractivity contribution in [2.75, 3.05) is 0 Å². The average Bonchev–Trinajstić information content (AvgIpc) is 2.74. The first-order chi connectivity index (χ1) is 14.4.